The van der Waals surface area contributed by atoms with Crippen LogP contribution in [-0.4, -0.2) is 35.4 Å². The third-order valence-electron chi connectivity index (χ3n) is 6.79. The Kier molecular flexibility index (Phi) is 5.86. The lowest BCUT2D eigenvalue weighted by molar-refractivity contribution is -0.123. The van der Waals surface area contributed by atoms with Gasteiger partial charge >= 0.3 is 0 Å². The molecule has 0 saturated heterocycles. The number of benzene rings is 1. The molecule has 0 bridgehead atoms. The molecule has 2 heterocycles. The third kappa shape index (κ3) is 4.49. The van der Waals surface area contributed by atoms with Gasteiger partial charge in [0.25, 0.3) is 0 Å². The Balaban J connectivity index is 1.38. The van der Waals surface area contributed by atoms with Crippen LogP contribution in [0.15, 0.2) is 30.3 Å². The molecule has 0 N–H and O–H groups in total. The second-order valence-electron chi connectivity index (χ2n) is 9.83. The van der Waals surface area contributed by atoms with Crippen molar-refractivity contribution in [1.29, 1.82) is 0 Å². The predicted molar refractivity (Wildman–Crippen MR) is 118 cm³/mol. The number of nitrogens with zero attached hydrogens (tertiary/aromatic N) is 3. The minimum Gasteiger partial charge on any atom is -0.309 e. The monoisotopic (exact) mass is 427 g/mol. The minimum absolute atomic E-state index is 0.0133. The van der Waals surface area contributed by atoms with E-state index in [-0.39, 0.29) is 17.2 Å². The van der Waals surface area contributed by atoms with Crippen LogP contribution in [0, 0.1) is 24.5 Å². The first-order valence-electron chi connectivity index (χ1n) is 11.1. The van der Waals surface area contributed by atoms with Crippen LogP contribution in [0.5, 0.6) is 0 Å². The van der Waals surface area contributed by atoms with Gasteiger partial charge in [0.1, 0.15) is 11.6 Å². The molecule has 31 heavy (non-hydrogen) atoms. The summed E-state index contributed by atoms with van der Waals surface area (Å²) < 4.78 is 27.0. The lowest BCUT2D eigenvalue weighted by Crippen LogP contribution is -2.42. The number of aryl methyl sites for hydroxylation is 1. The maximum atomic E-state index is 13.5. The molecule has 1 aromatic heterocycles. The molecule has 1 fully saturated rings. The van der Waals surface area contributed by atoms with Gasteiger partial charge in [-0.15, -0.1) is 0 Å². The largest absolute Gasteiger partial charge is 0.309 e. The molecule has 0 atom stereocenters. The number of amides is 1. The minimum atomic E-state index is -0.545. The van der Waals surface area contributed by atoms with Crippen LogP contribution in [0.2, 0.25) is 0 Å². The lowest BCUT2D eigenvalue weighted by atomic mass is 9.84. The van der Waals surface area contributed by atoms with Crippen LogP contribution in [0.1, 0.15) is 56.5 Å². The van der Waals surface area contributed by atoms with E-state index < -0.39 is 11.6 Å². The number of rotatable bonds is 4. The average Bonchev–Trinajstić information content (AvgIpc) is 2.97. The van der Waals surface area contributed by atoms with E-state index in [1.165, 1.54) is 12.1 Å². The first-order chi connectivity index (χ1) is 14.6. The lowest BCUT2D eigenvalue weighted by Gasteiger charge is -2.35. The molecule has 1 aliphatic heterocycles. The summed E-state index contributed by atoms with van der Waals surface area (Å²) in [6.45, 7) is 7.44. The van der Waals surface area contributed by atoms with Crippen molar-refractivity contribution in [3.63, 3.8) is 0 Å². The van der Waals surface area contributed by atoms with Gasteiger partial charge in [-0.05, 0) is 69.5 Å². The van der Waals surface area contributed by atoms with Crippen molar-refractivity contribution in [2.75, 3.05) is 18.5 Å². The molecule has 1 aliphatic carbocycles. The highest BCUT2D eigenvalue weighted by Gasteiger charge is 2.42. The Hall–Kier alpha value is -2.34. The SMILES string of the molecule is Cc1ccc2c(n1)C(C)(C)CN2C(=O)[C@H]1CC[C@H](N(C)Cc2cc(F)cc(F)c2)CC1. The van der Waals surface area contributed by atoms with Gasteiger partial charge in [-0.25, -0.2) is 8.78 Å². The van der Waals surface area contributed by atoms with Gasteiger partial charge in [0.2, 0.25) is 5.91 Å². The zero-order chi connectivity index (χ0) is 22.3. The highest BCUT2D eigenvalue weighted by Crippen LogP contribution is 2.41. The second kappa shape index (κ2) is 8.30. The molecule has 0 spiro atoms. The van der Waals surface area contributed by atoms with Crippen LogP contribution >= 0.6 is 0 Å². The summed E-state index contributed by atoms with van der Waals surface area (Å²) in [4.78, 5) is 22.2. The van der Waals surface area contributed by atoms with Crippen molar-refractivity contribution < 1.29 is 13.6 Å². The summed E-state index contributed by atoms with van der Waals surface area (Å²) in [5, 5.41) is 0. The predicted octanol–water partition coefficient (Wildman–Crippen LogP) is 4.98. The van der Waals surface area contributed by atoms with Crippen molar-refractivity contribution in [2.24, 2.45) is 5.92 Å². The van der Waals surface area contributed by atoms with Gasteiger partial charge in [0.05, 0.1) is 11.4 Å². The Morgan fingerprint density at radius 1 is 1.13 bits per heavy atom. The van der Waals surface area contributed by atoms with Crippen LogP contribution in [0.4, 0.5) is 14.5 Å². The standard InChI is InChI=1S/C25H31F2N3O/c1-16-5-10-22-23(28-16)25(2,3)15-30(22)24(31)18-6-8-21(9-7-18)29(4)14-17-11-19(26)13-20(27)12-17/h5,10-13,18,21H,6-9,14-15H2,1-4H3/t18-,21-. The molecule has 6 heteroatoms. The summed E-state index contributed by atoms with van der Waals surface area (Å²) in [5.74, 6) is -0.877. The topological polar surface area (TPSA) is 36.4 Å². The molecule has 166 valence electrons. The number of aromatic nitrogens is 1. The fourth-order valence-corrected chi connectivity index (χ4v) is 5.12. The first kappa shape index (κ1) is 21.9. The van der Waals surface area contributed by atoms with Crippen molar-refractivity contribution in [3.05, 3.63) is 58.9 Å². The number of carbonyl (C=O) groups is 1. The van der Waals surface area contributed by atoms with Crippen LogP contribution in [0.25, 0.3) is 0 Å². The molecule has 0 unspecified atom stereocenters. The molecular formula is C25H31F2N3O. The van der Waals surface area contributed by atoms with Crippen LogP contribution < -0.4 is 4.90 Å². The van der Waals surface area contributed by atoms with Crippen LogP contribution in [0.3, 0.4) is 0 Å². The van der Waals surface area contributed by atoms with Crippen molar-refractivity contribution in [3.8, 4) is 0 Å². The summed E-state index contributed by atoms with van der Waals surface area (Å²) >= 11 is 0. The number of fused-ring (bicyclic) bond motifs is 1. The molecule has 1 saturated carbocycles. The van der Waals surface area contributed by atoms with Crippen molar-refractivity contribution in [2.45, 2.75) is 64.5 Å². The Morgan fingerprint density at radius 3 is 2.42 bits per heavy atom. The number of hydrogen-bond acceptors (Lipinski definition) is 3. The van der Waals surface area contributed by atoms with Crippen molar-refractivity contribution >= 4 is 11.6 Å². The van der Waals surface area contributed by atoms with E-state index >= 15 is 0 Å². The van der Waals surface area contributed by atoms with E-state index in [4.69, 9.17) is 4.98 Å². The molecule has 1 amide bonds. The Bertz CT molecular complexity index is 962. The van der Waals surface area contributed by atoms with Gasteiger partial charge < -0.3 is 4.90 Å². The third-order valence-corrected chi connectivity index (χ3v) is 6.79. The molecular weight excluding hydrogens is 396 g/mol. The highest BCUT2D eigenvalue weighted by molar-refractivity contribution is 5.97. The van der Waals surface area contributed by atoms with E-state index in [2.05, 4.69) is 18.7 Å². The van der Waals surface area contributed by atoms with E-state index in [1.54, 1.807) is 0 Å². The number of hydrogen-bond donors (Lipinski definition) is 0. The Labute approximate surface area is 183 Å². The summed E-state index contributed by atoms with van der Waals surface area (Å²) in [6.07, 6.45) is 3.47. The number of halogens is 2. The zero-order valence-corrected chi connectivity index (χ0v) is 18.8. The zero-order valence-electron chi connectivity index (χ0n) is 18.8. The fraction of sp³-hybridized carbons (Fsp3) is 0.520. The summed E-state index contributed by atoms with van der Waals surface area (Å²) in [7, 11) is 1.99. The number of carbonyl (C=O) groups excluding carboxylic acids is 1. The smallest absolute Gasteiger partial charge is 0.230 e. The van der Waals surface area contributed by atoms with E-state index in [0.717, 1.165) is 48.8 Å². The van der Waals surface area contributed by atoms with E-state index in [0.29, 0.717) is 24.7 Å². The maximum absolute atomic E-state index is 13.5. The van der Waals surface area contributed by atoms with Gasteiger partial charge in [0, 0.05) is 42.2 Å². The molecule has 2 aromatic rings. The van der Waals surface area contributed by atoms with Gasteiger partial charge in [-0.3, -0.25) is 14.7 Å². The molecule has 0 radical (unpaired) electrons. The van der Waals surface area contributed by atoms with Gasteiger partial charge in [-0.1, -0.05) is 13.8 Å². The average molecular weight is 428 g/mol. The van der Waals surface area contributed by atoms with Crippen LogP contribution in [-0.2, 0) is 16.8 Å². The summed E-state index contributed by atoms with van der Waals surface area (Å²) in [5.41, 5.74) is 3.43. The molecule has 4 rings (SSSR count). The summed E-state index contributed by atoms with van der Waals surface area (Å²) in [6, 6.07) is 7.98. The van der Waals surface area contributed by atoms with Crippen molar-refractivity contribution in [1.82, 2.24) is 9.88 Å². The maximum Gasteiger partial charge on any atom is 0.230 e. The molecule has 4 nitrogen and oxygen atoms in total. The Morgan fingerprint density at radius 2 is 1.77 bits per heavy atom. The van der Waals surface area contributed by atoms with Gasteiger partial charge in [-0.2, -0.15) is 0 Å². The van der Waals surface area contributed by atoms with Gasteiger partial charge in [0.15, 0.2) is 0 Å². The molecule has 1 aromatic carbocycles. The highest BCUT2D eigenvalue weighted by atomic mass is 19.1. The normalized spacial score (nSPS) is 22.6. The second-order valence-corrected chi connectivity index (χ2v) is 9.83. The number of anilines is 1. The van der Waals surface area contributed by atoms with E-state index in [1.807, 2.05) is 31.0 Å². The fourth-order valence-electron chi connectivity index (χ4n) is 5.12. The number of pyridine rings is 1. The first-order valence-corrected chi connectivity index (χ1v) is 11.1. The quantitative estimate of drug-likeness (QED) is 0.690. The molecule has 2 aliphatic rings. The van der Waals surface area contributed by atoms with E-state index in [9.17, 15) is 13.6 Å².